The number of rotatable bonds is 5. The smallest absolute Gasteiger partial charge is 0.134 e. The lowest BCUT2D eigenvalue weighted by Gasteiger charge is -2.11. The van der Waals surface area contributed by atoms with Crippen molar-refractivity contribution in [3.63, 3.8) is 0 Å². The summed E-state index contributed by atoms with van der Waals surface area (Å²) in [5.74, 6) is 2.12. The largest absolute Gasteiger partial charge is 0.370 e. The van der Waals surface area contributed by atoms with E-state index in [4.69, 9.17) is 0 Å². The van der Waals surface area contributed by atoms with E-state index in [9.17, 15) is 0 Å². The summed E-state index contributed by atoms with van der Waals surface area (Å²) in [5.41, 5.74) is 2.57. The fourth-order valence-corrected chi connectivity index (χ4v) is 2.94. The van der Waals surface area contributed by atoms with Crippen LogP contribution in [0.4, 0.5) is 5.82 Å². The summed E-state index contributed by atoms with van der Waals surface area (Å²) in [5, 5.41) is 4.29. The molecular formula is C17H23N3S. The third-order valence-electron chi connectivity index (χ3n) is 3.14. The van der Waals surface area contributed by atoms with E-state index in [1.54, 1.807) is 11.8 Å². The molecule has 0 saturated carbocycles. The average molecular weight is 301 g/mol. The van der Waals surface area contributed by atoms with Crippen molar-refractivity contribution in [3.05, 3.63) is 41.2 Å². The van der Waals surface area contributed by atoms with Crippen LogP contribution >= 0.6 is 11.8 Å². The van der Waals surface area contributed by atoms with Crippen LogP contribution in [0.25, 0.3) is 0 Å². The summed E-state index contributed by atoms with van der Waals surface area (Å²) in [6.45, 7) is 11.4. The minimum atomic E-state index is 0.321. The van der Waals surface area contributed by atoms with Crippen molar-refractivity contribution >= 4 is 17.6 Å². The molecule has 0 saturated heterocycles. The molecule has 0 unspecified atom stereocenters. The molecule has 0 atom stereocenters. The number of nitrogens with one attached hydrogen (secondary N) is 1. The first-order chi connectivity index (χ1) is 9.99. The molecule has 0 aliphatic heterocycles. The zero-order valence-corrected chi connectivity index (χ0v) is 14.2. The first-order valence-corrected chi connectivity index (χ1v) is 8.19. The molecule has 0 spiro atoms. The minimum Gasteiger partial charge on any atom is -0.370 e. The van der Waals surface area contributed by atoms with E-state index in [1.165, 1.54) is 16.0 Å². The second-order valence-electron chi connectivity index (χ2n) is 5.51. The zero-order chi connectivity index (χ0) is 15.4. The summed E-state index contributed by atoms with van der Waals surface area (Å²) < 4.78 is 0. The Morgan fingerprint density at radius 1 is 1.14 bits per heavy atom. The summed E-state index contributed by atoms with van der Waals surface area (Å²) in [4.78, 5) is 10.5. The van der Waals surface area contributed by atoms with Crippen LogP contribution in [0.2, 0.25) is 0 Å². The zero-order valence-electron chi connectivity index (χ0n) is 13.4. The number of anilines is 1. The summed E-state index contributed by atoms with van der Waals surface area (Å²) in [6.07, 6.45) is 0. The van der Waals surface area contributed by atoms with Crippen molar-refractivity contribution < 1.29 is 0 Å². The molecule has 112 valence electrons. The topological polar surface area (TPSA) is 37.8 Å². The predicted octanol–water partition coefficient (Wildman–Crippen LogP) is 4.80. The van der Waals surface area contributed by atoms with E-state index in [1.807, 2.05) is 6.07 Å². The molecule has 1 heterocycles. The predicted molar refractivity (Wildman–Crippen MR) is 90.3 cm³/mol. The lowest BCUT2D eigenvalue weighted by molar-refractivity contribution is 0.754. The highest BCUT2D eigenvalue weighted by Crippen LogP contribution is 2.31. The molecule has 1 N–H and O–H groups in total. The Labute approximate surface area is 131 Å². The molecule has 1 aromatic heterocycles. The van der Waals surface area contributed by atoms with Crippen LogP contribution in [-0.4, -0.2) is 16.5 Å². The number of aromatic nitrogens is 2. The quantitative estimate of drug-likeness (QED) is 0.805. The van der Waals surface area contributed by atoms with Crippen molar-refractivity contribution in [2.45, 2.75) is 50.5 Å². The molecule has 0 radical (unpaired) electrons. The molecule has 2 aromatic rings. The second-order valence-corrected chi connectivity index (χ2v) is 6.57. The SMILES string of the molecule is CCNc1cc(Sc2ccc(C)cc2C)nc(C(C)C)n1. The summed E-state index contributed by atoms with van der Waals surface area (Å²) in [6, 6.07) is 8.54. The van der Waals surface area contributed by atoms with Gasteiger partial charge in [0.2, 0.25) is 0 Å². The first kappa shape index (κ1) is 15.8. The van der Waals surface area contributed by atoms with Gasteiger partial charge in [-0.05, 0) is 32.4 Å². The van der Waals surface area contributed by atoms with Crippen molar-refractivity contribution in [2.24, 2.45) is 0 Å². The highest BCUT2D eigenvalue weighted by Gasteiger charge is 2.10. The van der Waals surface area contributed by atoms with Crippen LogP contribution in [0.15, 0.2) is 34.2 Å². The lowest BCUT2D eigenvalue weighted by Crippen LogP contribution is -2.05. The number of benzene rings is 1. The van der Waals surface area contributed by atoms with Crippen LogP contribution < -0.4 is 5.32 Å². The van der Waals surface area contributed by atoms with Gasteiger partial charge in [-0.1, -0.05) is 43.3 Å². The van der Waals surface area contributed by atoms with Gasteiger partial charge < -0.3 is 5.32 Å². The van der Waals surface area contributed by atoms with Gasteiger partial charge in [0, 0.05) is 23.4 Å². The van der Waals surface area contributed by atoms with E-state index >= 15 is 0 Å². The Balaban J connectivity index is 2.33. The van der Waals surface area contributed by atoms with Crippen LogP contribution in [-0.2, 0) is 0 Å². The summed E-state index contributed by atoms with van der Waals surface area (Å²) >= 11 is 1.70. The van der Waals surface area contributed by atoms with Gasteiger partial charge >= 0.3 is 0 Å². The van der Waals surface area contributed by atoms with Gasteiger partial charge in [0.1, 0.15) is 16.7 Å². The second kappa shape index (κ2) is 6.94. The third kappa shape index (κ3) is 4.21. The maximum absolute atomic E-state index is 4.69. The van der Waals surface area contributed by atoms with E-state index < -0.39 is 0 Å². The number of nitrogens with zero attached hydrogens (tertiary/aromatic N) is 2. The molecule has 2 rings (SSSR count). The van der Waals surface area contributed by atoms with Crippen molar-refractivity contribution in [1.82, 2.24) is 9.97 Å². The molecular weight excluding hydrogens is 278 g/mol. The van der Waals surface area contributed by atoms with E-state index in [0.29, 0.717) is 5.92 Å². The van der Waals surface area contributed by atoms with Crippen LogP contribution in [0.5, 0.6) is 0 Å². The Kier molecular flexibility index (Phi) is 5.23. The Hall–Kier alpha value is -1.55. The van der Waals surface area contributed by atoms with E-state index in [-0.39, 0.29) is 0 Å². The van der Waals surface area contributed by atoms with Crippen molar-refractivity contribution in [3.8, 4) is 0 Å². The van der Waals surface area contributed by atoms with E-state index in [2.05, 4.69) is 68.1 Å². The molecule has 0 bridgehead atoms. The van der Waals surface area contributed by atoms with Gasteiger partial charge in [0.05, 0.1) is 0 Å². The molecule has 1 aromatic carbocycles. The Morgan fingerprint density at radius 3 is 2.52 bits per heavy atom. The lowest BCUT2D eigenvalue weighted by atomic mass is 10.2. The fourth-order valence-electron chi connectivity index (χ4n) is 2.05. The maximum Gasteiger partial charge on any atom is 0.134 e. The van der Waals surface area contributed by atoms with E-state index in [0.717, 1.165) is 23.2 Å². The molecule has 0 amide bonds. The van der Waals surface area contributed by atoms with Crippen molar-refractivity contribution in [1.29, 1.82) is 0 Å². The van der Waals surface area contributed by atoms with Gasteiger partial charge in [0.25, 0.3) is 0 Å². The molecule has 21 heavy (non-hydrogen) atoms. The standard InChI is InChI=1S/C17H23N3S/c1-6-18-15-10-16(20-17(19-15)11(2)3)21-14-8-7-12(4)9-13(14)5/h7-11H,6H2,1-5H3,(H,18,19,20). The maximum atomic E-state index is 4.69. The third-order valence-corrected chi connectivity index (χ3v) is 4.24. The van der Waals surface area contributed by atoms with Gasteiger partial charge in [0.15, 0.2) is 0 Å². The van der Waals surface area contributed by atoms with Crippen LogP contribution in [0.1, 0.15) is 43.6 Å². The summed E-state index contributed by atoms with van der Waals surface area (Å²) in [7, 11) is 0. The molecule has 3 nitrogen and oxygen atoms in total. The number of aryl methyl sites for hydroxylation is 2. The number of hydrogen-bond acceptors (Lipinski definition) is 4. The van der Waals surface area contributed by atoms with Crippen molar-refractivity contribution in [2.75, 3.05) is 11.9 Å². The molecule has 4 heteroatoms. The minimum absolute atomic E-state index is 0.321. The highest BCUT2D eigenvalue weighted by molar-refractivity contribution is 7.99. The first-order valence-electron chi connectivity index (χ1n) is 7.37. The highest BCUT2D eigenvalue weighted by atomic mass is 32.2. The average Bonchev–Trinajstić information content (AvgIpc) is 2.42. The van der Waals surface area contributed by atoms with Gasteiger partial charge in [-0.2, -0.15) is 0 Å². The molecule has 0 fully saturated rings. The number of hydrogen-bond donors (Lipinski definition) is 1. The van der Waals surface area contributed by atoms with Gasteiger partial charge in [-0.25, -0.2) is 9.97 Å². The normalized spacial score (nSPS) is 11.0. The van der Waals surface area contributed by atoms with Crippen LogP contribution in [0.3, 0.4) is 0 Å². The fraction of sp³-hybridized carbons (Fsp3) is 0.412. The molecule has 0 aliphatic carbocycles. The Morgan fingerprint density at radius 2 is 1.90 bits per heavy atom. The monoisotopic (exact) mass is 301 g/mol. The van der Waals surface area contributed by atoms with Gasteiger partial charge in [-0.3, -0.25) is 0 Å². The van der Waals surface area contributed by atoms with Gasteiger partial charge in [-0.15, -0.1) is 0 Å². The Bertz CT molecular complexity index is 623. The molecule has 0 aliphatic rings. The van der Waals surface area contributed by atoms with Crippen LogP contribution in [0, 0.1) is 13.8 Å².